The molecule has 3 rings (SSSR count). The number of primary amides is 1. The van der Waals surface area contributed by atoms with Crippen LogP contribution in [-0.2, 0) is 4.79 Å². The van der Waals surface area contributed by atoms with E-state index in [1.165, 1.54) is 0 Å². The van der Waals surface area contributed by atoms with E-state index >= 15 is 0 Å². The summed E-state index contributed by atoms with van der Waals surface area (Å²) in [5.74, 6) is 1.30. The van der Waals surface area contributed by atoms with Crippen LogP contribution in [0.25, 0.3) is 0 Å². The normalized spacial score (nSPS) is 13.1. The van der Waals surface area contributed by atoms with Crippen molar-refractivity contribution in [1.82, 2.24) is 9.97 Å². The summed E-state index contributed by atoms with van der Waals surface area (Å²) < 4.78 is 0. The first-order chi connectivity index (χ1) is 11.7. The van der Waals surface area contributed by atoms with Gasteiger partial charge in [-0.3, -0.25) is 4.79 Å². The number of nitrogens with two attached hydrogens (primary N) is 1. The number of aromatic nitrogens is 2. The fourth-order valence-electron chi connectivity index (χ4n) is 2.39. The quantitative estimate of drug-likeness (QED) is 0.720. The maximum absolute atomic E-state index is 10.9. The second kappa shape index (κ2) is 6.96. The summed E-state index contributed by atoms with van der Waals surface area (Å²) >= 11 is 0. The van der Waals surface area contributed by atoms with Crippen LogP contribution >= 0.6 is 0 Å². The summed E-state index contributed by atoms with van der Waals surface area (Å²) in [5, 5.41) is 15.2. The van der Waals surface area contributed by atoms with E-state index in [4.69, 9.17) is 11.0 Å². The highest BCUT2D eigenvalue weighted by atomic mass is 16.1. The van der Waals surface area contributed by atoms with Crippen LogP contribution < -0.4 is 16.4 Å². The summed E-state index contributed by atoms with van der Waals surface area (Å²) in [5.41, 5.74) is 7.55. The lowest BCUT2D eigenvalue weighted by Crippen LogP contribution is -2.17. The number of carbonyl (C=O) groups is 1. The number of rotatable bonds is 7. The van der Waals surface area contributed by atoms with Crippen molar-refractivity contribution in [3.63, 3.8) is 0 Å². The molecule has 0 radical (unpaired) electrons. The molecule has 122 valence electrons. The topological polar surface area (TPSA) is 117 Å². The predicted octanol–water partition coefficient (Wildman–Crippen LogP) is 2.26. The second-order valence-electron chi connectivity index (χ2n) is 5.73. The van der Waals surface area contributed by atoms with Crippen molar-refractivity contribution in [2.45, 2.75) is 25.2 Å². The Labute approximate surface area is 139 Å². The van der Waals surface area contributed by atoms with E-state index in [1.807, 2.05) is 12.3 Å². The fraction of sp³-hybridized carbons (Fsp3) is 0.294. The van der Waals surface area contributed by atoms with Gasteiger partial charge in [0.1, 0.15) is 5.82 Å². The van der Waals surface area contributed by atoms with Gasteiger partial charge in [-0.25, -0.2) is 4.98 Å². The van der Waals surface area contributed by atoms with Gasteiger partial charge in [-0.15, -0.1) is 0 Å². The lowest BCUT2D eigenvalue weighted by Gasteiger charge is -2.12. The monoisotopic (exact) mass is 322 g/mol. The van der Waals surface area contributed by atoms with Gasteiger partial charge in [-0.1, -0.05) is 6.07 Å². The third-order valence-corrected chi connectivity index (χ3v) is 3.75. The zero-order chi connectivity index (χ0) is 16.9. The van der Waals surface area contributed by atoms with E-state index in [0.29, 0.717) is 24.0 Å². The average molecular weight is 322 g/mol. The highest BCUT2D eigenvalue weighted by Crippen LogP contribution is 2.42. The number of anilines is 3. The Bertz CT molecular complexity index is 794. The Morgan fingerprint density at radius 3 is 2.96 bits per heavy atom. The van der Waals surface area contributed by atoms with Gasteiger partial charge in [0.25, 0.3) is 0 Å². The number of carbonyl (C=O) groups excluding carboxylic acids is 1. The van der Waals surface area contributed by atoms with Crippen molar-refractivity contribution in [2.24, 2.45) is 5.73 Å². The molecule has 0 unspecified atom stereocenters. The molecule has 0 bridgehead atoms. The lowest BCUT2D eigenvalue weighted by molar-refractivity contribution is -0.117. The molecule has 1 amide bonds. The van der Waals surface area contributed by atoms with Crippen LogP contribution in [0.15, 0.2) is 30.5 Å². The van der Waals surface area contributed by atoms with Crippen LogP contribution in [0.4, 0.5) is 17.5 Å². The first-order valence-electron chi connectivity index (χ1n) is 7.82. The molecule has 1 aromatic heterocycles. The fourth-order valence-corrected chi connectivity index (χ4v) is 2.39. The van der Waals surface area contributed by atoms with Crippen molar-refractivity contribution >= 4 is 23.4 Å². The zero-order valence-electron chi connectivity index (χ0n) is 13.1. The van der Waals surface area contributed by atoms with E-state index in [0.717, 1.165) is 29.9 Å². The number of nitriles is 1. The summed E-state index contributed by atoms with van der Waals surface area (Å²) in [7, 11) is 0. The van der Waals surface area contributed by atoms with Gasteiger partial charge in [0.15, 0.2) is 0 Å². The Balaban J connectivity index is 1.78. The van der Waals surface area contributed by atoms with Gasteiger partial charge in [0, 0.05) is 30.4 Å². The second-order valence-corrected chi connectivity index (χ2v) is 5.73. The molecule has 1 aromatic carbocycles. The molecular formula is C17H18N6O. The van der Waals surface area contributed by atoms with Crippen molar-refractivity contribution in [2.75, 3.05) is 17.2 Å². The lowest BCUT2D eigenvalue weighted by atomic mass is 10.2. The van der Waals surface area contributed by atoms with Crippen LogP contribution in [0.2, 0.25) is 0 Å². The summed E-state index contributed by atoms with van der Waals surface area (Å²) in [6, 6.07) is 9.21. The maximum Gasteiger partial charge on any atom is 0.229 e. The van der Waals surface area contributed by atoms with Gasteiger partial charge in [0.2, 0.25) is 11.9 Å². The average Bonchev–Trinajstić information content (AvgIpc) is 3.40. The van der Waals surface area contributed by atoms with E-state index < -0.39 is 0 Å². The van der Waals surface area contributed by atoms with E-state index in [-0.39, 0.29) is 12.3 Å². The molecular weight excluding hydrogens is 304 g/mol. The summed E-state index contributed by atoms with van der Waals surface area (Å²) in [6.45, 7) is 0.440. The molecule has 1 aliphatic carbocycles. The van der Waals surface area contributed by atoms with Gasteiger partial charge in [-0.05, 0) is 37.0 Å². The molecule has 1 fully saturated rings. The molecule has 1 heterocycles. The molecule has 0 saturated heterocycles. The number of hydrogen-bond acceptors (Lipinski definition) is 6. The van der Waals surface area contributed by atoms with Crippen LogP contribution in [0.1, 0.15) is 36.3 Å². The van der Waals surface area contributed by atoms with Crippen LogP contribution in [0.3, 0.4) is 0 Å². The van der Waals surface area contributed by atoms with Gasteiger partial charge >= 0.3 is 0 Å². The maximum atomic E-state index is 10.9. The smallest absolute Gasteiger partial charge is 0.229 e. The first-order valence-corrected chi connectivity index (χ1v) is 7.82. The SMILES string of the molecule is N#Cc1cccc(Nc2ncc(C3CC3)c(NCCC(N)=O)n2)c1. The number of nitrogens with zero attached hydrogens (tertiary/aromatic N) is 3. The molecule has 24 heavy (non-hydrogen) atoms. The number of hydrogen-bond donors (Lipinski definition) is 3. The Hall–Kier alpha value is -3.14. The van der Waals surface area contributed by atoms with Gasteiger partial charge in [-0.2, -0.15) is 10.2 Å². The van der Waals surface area contributed by atoms with Gasteiger partial charge < -0.3 is 16.4 Å². The Kier molecular flexibility index (Phi) is 4.57. The van der Waals surface area contributed by atoms with Crippen molar-refractivity contribution < 1.29 is 4.79 Å². The van der Waals surface area contributed by atoms with Crippen LogP contribution in [0.5, 0.6) is 0 Å². The highest BCUT2D eigenvalue weighted by molar-refractivity contribution is 5.74. The predicted molar refractivity (Wildman–Crippen MR) is 90.7 cm³/mol. The van der Waals surface area contributed by atoms with Crippen molar-refractivity contribution in [3.05, 3.63) is 41.6 Å². The largest absolute Gasteiger partial charge is 0.370 e. The van der Waals surface area contributed by atoms with Crippen LogP contribution in [0, 0.1) is 11.3 Å². The van der Waals surface area contributed by atoms with E-state index in [9.17, 15) is 4.79 Å². The molecule has 1 aliphatic rings. The first kappa shape index (κ1) is 15.7. The molecule has 7 heteroatoms. The Morgan fingerprint density at radius 1 is 1.42 bits per heavy atom. The molecule has 7 nitrogen and oxygen atoms in total. The summed E-state index contributed by atoms with van der Waals surface area (Å²) in [6.07, 6.45) is 4.32. The molecule has 0 spiro atoms. The van der Waals surface area contributed by atoms with E-state index in [2.05, 4.69) is 26.7 Å². The third kappa shape index (κ3) is 3.98. The number of benzene rings is 1. The molecule has 0 atom stereocenters. The van der Waals surface area contributed by atoms with Crippen molar-refractivity contribution in [1.29, 1.82) is 5.26 Å². The highest BCUT2D eigenvalue weighted by Gasteiger charge is 2.27. The minimum atomic E-state index is -0.351. The molecule has 2 aromatic rings. The van der Waals surface area contributed by atoms with Crippen LogP contribution in [-0.4, -0.2) is 22.4 Å². The van der Waals surface area contributed by atoms with Crippen molar-refractivity contribution in [3.8, 4) is 6.07 Å². The molecule has 1 saturated carbocycles. The zero-order valence-corrected chi connectivity index (χ0v) is 13.1. The number of nitrogens with one attached hydrogen (secondary N) is 2. The third-order valence-electron chi connectivity index (χ3n) is 3.75. The number of amides is 1. The van der Waals surface area contributed by atoms with E-state index in [1.54, 1.807) is 18.2 Å². The summed E-state index contributed by atoms with van der Waals surface area (Å²) in [4.78, 5) is 19.8. The van der Waals surface area contributed by atoms with Gasteiger partial charge in [0.05, 0.1) is 11.6 Å². The Morgan fingerprint density at radius 2 is 2.25 bits per heavy atom. The standard InChI is InChI=1S/C17H18N6O/c18-9-11-2-1-3-13(8-11)22-17-21-10-14(12-4-5-12)16(23-17)20-7-6-15(19)24/h1-3,8,10,12H,4-7H2,(H2,19,24)(H2,20,21,22,23). The minimum absolute atomic E-state index is 0.251. The minimum Gasteiger partial charge on any atom is -0.370 e. The molecule has 0 aliphatic heterocycles. The molecule has 4 N–H and O–H groups in total.